The summed E-state index contributed by atoms with van der Waals surface area (Å²) in [4.78, 5) is 8.16. The van der Waals surface area contributed by atoms with E-state index in [4.69, 9.17) is 4.98 Å². The lowest BCUT2D eigenvalue weighted by atomic mass is 9.33. The molecule has 0 spiro atoms. The van der Waals surface area contributed by atoms with E-state index in [0.717, 1.165) is 16.9 Å². The quantitative estimate of drug-likeness (QED) is 0.145. The second-order valence-corrected chi connectivity index (χ2v) is 13.6. The number of rotatable bonds is 1. The van der Waals surface area contributed by atoms with Gasteiger partial charge in [-0.05, 0) is 52.1 Å². The summed E-state index contributed by atoms with van der Waals surface area (Å²) in [6, 6.07) is 46.9. The molecule has 6 aromatic carbocycles. The zero-order valence-corrected chi connectivity index (χ0v) is 25.5. The van der Waals surface area contributed by atoms with E-state index in [0.29, 0.717) is 0 Å². The molecule has 2 aliphatic rings. The van der Waals surface area contributed by atoms with Gasteiger partial charge in [0.25, 0.3) is 6.71 Å². The lowest BCUT2D eigenvalue weighted by Gasteiger charge is -2.41. The normalized spacial score (nSPS) is 13.6. The van der Waals surface area contributed by atoms with Crippen LogP contribution >= 0.6 is 0 Å². The van der Waals surface area contributed by atoms with Crippen molar-refractivity contribution in [3.05, 3.63) is 133 Å². The van der Waals surface area contributed by atoms with Crippen LogP contribution in [0.5, 0.6) is 0 Å². The van der Waals surface area contributed by atoms with Gasteiger partial charge in [0.2, 0.25) is 0 Å². The van der Waals surface area contributed by atoms with Gasteiger partial charge < -0.3 is 9.47 Å². The van der Waals surface area contributed by atoms with Gasteiger partial charge in [0, 0.05) is 49.5 Å². The second kappa shape index (κ2) is 8.64. The summed E-state index contributed by atoms with van der Waals surface area (Å²) in [5, 5.41) is 6.27. The maximum atomic E-state index is 5.67. The largest absolute Gasteiger partial charge is 0.310 e. The molecule has 212 valence electrons. The fourth-order valence-corrected chi connectivity index (χ4v) is 8.25. The highest BCUT2D eigenvalue weighted by Gasteiger charge is 2.43. The number of para-hydroxylation sites is 4. The summed E-state index contributed by atoms with van der Waals surface area (Å²) in [7, 11) is 0. The number of hydrogen-bond donors (Lipinski definition) is 0. The molecule has 0 amide bonds. The van der Waals surface area contributed by atoms with Crippen LogP contribution in [0.3, 0.4) is 0 Å². The Morgan fingerprint density at radius 3 is 2.07 bits per heavy atom. The number of anilines is 3. The first kappa shape index (κ1) is 25.0. The van der Waals surface area contributed by atoms with Crippen molar-refractivity contribution in [2.45, 2.75) is 26.2 Å². The van der Waals surface area contributed by atoms with Crippen LogP contribution in [0.25, 0.3) is 49.2 Å². The van der Waals surface area contributed by atoms with Crippen LogP contribution in [0.1, 0.15) is 26.5 Å². The average molecular weight is 576 g/mol. The third-order valence-corrected chi connectivity index (χ3v) is 9.99. The van der Waals surface area contributed by atoms with Gasteiger partial charge in [-0.1, -0.05) is 118 Å². The van der Waals surface area contributed by atoms with Crippen molar-refractivity contribution in [3.8, 4) is 5.69 Å². The topological polar surface area (TPSA) is 21.1 Å². The Morgan fingerprint density at radius 2 is 1.24 bits per heavy atom. The molecule has 0 bridgehead atoms. The number of aromatic nitrogens is 2. The Balaban J connectivity index is 1.50. The molecule has 10 rings (SSSR count). The van der Waals surface area contributed by atoms with E-state index < -0.39 is 0 Å². The minimum absolute atomic E-state index is 0.0856. The van der Waals surface area contributed by atoms with Gasteiger partial charge in [-0.15, -0.1) is 0 Å². The summed E-state index contributed by atoms with van der Waals surface area (Å²) < 4.78 is 2.54. The molecule has 0 aliphatic carbocycles. The molecule has 2 aromatic heterocycles. The van der Waals surface area contributed by atoms with Crippen molar-refractivity contribution in [1.82, 2.24) is 9.55 Å². The molecule has 4 heteroatoms. The van der Waals surface area contributed by atoms with Crippen LogP contribution in [0, 0.1) is 0 Å². The first-order chi connectivity index (χ1) is 22.0. The highest BCUT2D eigenvalue weighted by Crippen LogP contribution is 2.46. The highest BCUT2D eigenvalue weighted by molar-refractivity contribution is 7.00. The van der Waals surface area contributed by atoms with Crippen LogP contribution in [0.4, 0.5) is 17.1 Å². The smallest absolute Gasteiger partial charge is 0.252 e. The van der Waals surface area contributed by atoms with Crippen LogP contribution in [-0.2, 0) is 5.41 Å². The highest BCUT2D eigenvalue weighted by atomic mass is 15.2. The molecule has 0 radical (unpaired) electrons. The van der Waals surface area contributed by atoms with Crippen molar-refractivity contribution in [2.24, 2.45) is 0 Å². The van der Waals surface area contributed by atoms with Gasteiger partial charge in [-0.2, -0.15) is 0 Å². The first-order valence-corrected chi connectivity index (χ1v) is 15.9. The van der Waals surface area contributed by atoms with E-state index in [1.54, 1.807) is 0 Å². The van der Waals surface area contributed by atoms with Crippen molar-refractivity contribution in [3.63, 3.8) is 0 Å². The SMILES string of the molecule is CC(C)(C)c1nc2c3c4c(cc2c2ccccc12)-n1c2ccccc2c2cccc(c21)B4c1ccccc1N3c1ccccc1. The maximum absolute atomic E-state index is 5.67. The number of nitrogens with zero attached hydrogens (tertiary/aromatic N) is 3. The van der Waals surface area contributed by atoms with Crippen LogP contribution in [0.15, 0.2) is 127 Å². The Kier molecular flexibility index (Phi) is 4.80. The zero-order valence-electron chi connectivity index (χ0n) is 25.5. The van der Waals surface area contributed by atoms with Gasteiger partial charge in [0.05, 0.1) is 22.4 Å². The van der Waals surface area contributed by atoms with E-state index in [-0.39, 0.29) is 12.1 Å². The van der Waals surface area contributed by atoms with E-state index in [2.05, 4.69) is 158 Å². The first-order valence-electron chi connectivity index (χ1n) is 15.9. The molecule has 0 saturated heterocycles. The molecule has 0 atom stereocenters. The summed E-state index contributed by atoms with van der Waals surface area (Å²) in [5.41, 5.74) is 13.4. The van der Waals surface area contributed by atoms with Crippen molar-refractivity contribution < 1.29 is 0 Å². The Morgan fingerprint density at radius 1 is 0.578 bits per heavy atom. The van der Waals surface area contributed by atoms with Crippen LogP contribution in [-0.4, -0.2) is 16.3 Å². The molecule has 45 heavy (non-hydrogen) atoms. The minimum Gasteiger partial charge on any atom is -0.310 e. The molecular formula is C41H30BN3. The lowest BCUT2D eigenvalue weighted by molar-refractivity contribution is 0.578. The van der Waals surface area contributed by atoms with E-state index in [1.165, 1.54) is 71.4 Å². The number of fused-ring (bicyclic) bond motifs is 11. The van der Waals surface area contributed by atoms with Crippen molar-refractivity contribution >= 4 is 83.6 Å². The third kappa shape index (κ3) is 3.19. The standard InChI is InChI=1S/C41H30BN3/c1-41(2,3)40-29-18-8-7-16-26(29)30-24-35-36-39(37(30)43-40)44(25-14-5-4-6-15-25)34-23-12-10-20-31(34)42(36)32-21-13-19-28-27-17-9-11-22-33(27)45(35)38(28)32/h4-24H,1-3H3. The number of hydrogen-bond acceptors (Lipinski definition) is 2. The number of pyridine rings is 1. The molecular weight excluding hydrogens is 545 g/mol. The van der Waals surface area contributed by atoms with E-state index in [9.17, 15) is 0 Å². The predicted octanol–water partition coefficient (Wildman–Crippen LogP) is 8.40. The molecule has 0 N–H and O–H groups in total. The fraction of sp³-hybridized carbons (Fsp3) is 0.0976. The lowest BCUT2D eigenvalue weighted by Crippen LogP contribution is -2.60. The zero-order chi connectivity index (χ0) is 30.0. The minimum atomic E-state index is -0.130. The molecule has 0 unspecified atom stereocenters. The predicted molar refractivity (Wildman–Crippen MR) is 192 cm³/mol. The summed E-state index contributed by atoms with van der Waals surface area (Å²) in [6.45, 7) is 6.93. The average Bonchev–Trinajstić information content (AvgIpc) is 3.41. The van der Waals surface area contributed by atoms with Crippen molar-refractivity contribution in [2.75, 3.05) is 4.90 Å². The van der Waals surface area contributed by atoms with Gasteiger partial charge in [0.1, 0.15) is 0 Å². The Labute approximate surface area is 262 Å². The summed E-state index contributed by atoms with van der Waals surface area (Å²) >= 11 is 0. The Bertz CT molecular complexity index is 2540. The third-order valence-electron chi connectivity index (χ3n) is 9.99. The van der Waals surface area contributed by atoms with E-state index in [1.807, 2.05) is 0 Å². The van der Waals surface area contributed by atoms with Gasteiger partial charge in [-0.25, -0.2) is 4.98 Å². The van der Waals surface area contributed by atoms with Crippen molar-refractivity contribution in [1.29, 1.82) is 0 Å². The second-order valence-electron chi connectivity index (χ2n) is 13.6. The van der Waals surface area contributed by atoms with E-state index >= 15 is 0 Å². The molecule has 3 nitrogen and oxygen atoms in total. The monoisotopic (exact) mass is 575 g/mol. The molecule has 8 aromatic rings. The van der Waals surface area contributed by atoms with Gasteiger partial charge in [0.15, 0.2) is 0 Å². The summed E-state index contributed by atoms with van der Waals surface area (Å²) in [5.74, 6) is 0. The molecule has 4 heterocycles. The molecule has 0 fully saturated rings. The van der Waals surface area contributed by atoms with Crippen LogP contribution in [0.2, 0.25) is 0 Å². The van der Waals surface area contributed by atoms with Crippen LogP contribution < -0.4 is 21.3 Å². The number of benzene rings is 6. The molecule has 2 aliphatic heterocycles. The van der Waals surface area contributed by atoms with Gasteiger partial charge in [-0.3, -0.25) is 0 Å². The summed E-state index contributed by atoms with van der Waals surface area (Å²) in [6.07, 6.45) is 0. The maximum Gasteiger partial charge on any atom is 0.252 e. The fourth-order valence-electron chi connectivity index (χ4n) is 8.25. The molecule has 0 saturated carbocycles. The Hall–Kier alpha value is -5.35. The van der Waals surface area contributed by atoms with Gasteiger partial charge >= 0.3 is 0 Å².